The van der Waals surface area contributed by atoms with Crippen LogP contribution in [-0.4, -0.2) is 18.5 Å². The van der Waals surface area contributed by atoms with E-state index >= 15 is 0 Å². The highest BCUT2D eigenvalue weighted by molar-refractivity contribution is 7.52. The smallest absolute Gasteiger partial charge is 0.207 e. The van der Waals surface area contributed by atoms with Crippen LogP contribution in [0, 0.1) is 24.4 Å². The molecule has 0 unspecified atom stereocenters. The highest BCUT2D eigenvalue weighted by atomic mass is 32.2. The Morgan fingerprint density at radius 2 is 0.401 bits per heavy atom. The van der Waals surface area contributed by atoms with E-state index in [1.54, 1.807) is 67.6 Å². The first-order valence-corrected chi connectivity index (χ1v) is 50.9. The van der Waals surface area contributed by atoms with E-state index < -0.39 is 82.1 Å². The summed E-state index contributed by atoms with van der Waals surface area (Å²) in [7, 11) is -2.17. The van der Waals surface area contributed by atoms with Gasteiger partial charge in [0.05, 0.1) is 24.8 Å². The first-order valence-electron chi connectivity index (χ1n) is 43.6. The van der Waals surface area contributed by atoms with Gasteiger partial charge in [0.1, 0.15) is 17.5 Å². The minimum absolute atomic E-state index is 0.170. The minimum atomic E-state index is -4.32. The van der Waals surface area contributed by atoms with Crippen molar-refractivity contribution < 1.29 is 65.9 Å². The number of hydrogen-bond acceptors (Lipinski definition) is 0. The Morgan fingerprint density at radius 1 is 0.182 bits per heavy atom. The molecule has 24 aromatic rings. The van der Waals surface area contributed by atoms with Crippen molar-refractivity contribution in [1.82, 2.24) is 0 Å². The number of aryl methyl sites for hydroxylation is 1. The number of halogens is 15. The predicted octanol–water partition coefficient (Wildman–Crippen LogP) is 39.4. The zero-order valence-corrected chi connectivity index (χ0v) is 77.6. The van der Waals surface area contributed by atoms with Gasteiger partial charge in [-0.15, -0.1) is 0 Å². The van der Waals surface area contributed by atoms with Crippen molar-refractivity contribution in [1.29, 1.82) is 0 Å². The molecule has 0 atom stereocenters. The maximum absolute atomic E-state index is 13.6. The Bertz CT molecular complexity index is 8100. The van der Waals surface area contributed by atoms with Crippen molar-refractivity contribution in [3.8, 4) is 29.4 Å². The van der Waals surface area contributed by atoms with Gasteiger partial charge >= 0.3 is 24.7 Å². The maximum Gasteiger partial charge on any atom is 0.416 e. The molecule has 0 amide bonds. The van der Waals surface area contributed by atoms with Crippen LogP contribution in [-0.2, 0) is 25.4 Å². The number of alkyl halides is 12. The molecular weight excluding hydrogens is 1870 g/mol. The molecule has 0 saturated heterocycles. The van der Waals surface area contributed by atoms with Gasteiger partial charge in [0.15, 0.2) is 85.8 Å². The molecule has 21 heteroatoms. The third kappa shape index (κ3) is 19.6. The largest absolute Gasteiger partial charge is 0.416 e. The fraction of sp³-hybridized carbons (Fsp3) is 0.0690. The van der Waals surface area contributed by atoms with Gasteiger partial charge in [-0.3, -0.25) is 0 Å². The van der Waals surface area contributed by atoms with Gasteiger partial charge in [0, 0.05) is 176 Å². The van der Waals surface area contributed by atoms with E-state index in [4.69, 9.17) is 0 Å². The SMILES string of the molecule is Cc1ccc(-[s+]2c3ccccc3c3ccccc32)cc1CC(F)(F)F.FC(F)(F)Cc1cccc(-[s+]2c3ccccc3c3ccccc32)c1.FC(F)(F)Cc1cccc(-[s+]2c3ccccc3c3ccccc32)c1.FC(F)(F)c1cccc(-[s+]2c3ccccc3c3ccccc32)c1.Fc1cc(F)cc(-[s+]2c3ccccc3c3ccccc32)c1.Fc1cccc(-[s+]2c3ccccc3c3ccccc32)c1. The Hall–Kier alpha value is -13.8. The highest BCUT2D eigenvalue weighted by Crippen LogP contribution is 2.56. The average Bonchev–Trinajstić information content (AvgIpc) is 1.63. The molecular formula is C116H79F15S6+6. The van der Waals surface area contributed by atoms with E-state index in [1.807, 2.05) is 188 Å². The normalized spacial score (nSPS) is 11.9. The molecule has 0 nitrogen and oxygen atoms in total. The summed E-state index contributed by atoms with van der Waals surface area (Å²) in [5.74, 6) is -1.23. The van der Waals surface area contributed by atoms with Crippen LogP contribution in [0.25, 0.3) is 150 Å². The molecule has 0 aliphatic heterocycles. The fourth-order valence-electron chi connectivity index (χ4n) is 17.9. The lowest BCUT2D eigenvalue weighted by atomic mass is 10.1. The molecule has 24 rings (SSSR count). The number of rotatable bonds is 9. The molecule has 137 heavy (non-hydrogen) atoms. The summed E-state index contributed by atoms with van der Waals surface area (Å²) in [6.45, 7) is 1.74. The fourth-order valence-corrected chi connectivity index (χ4v) is 32.5. The van der Waals surface area contributed by atoms with Gasteiger partial charge in [-0.1, -0.05) is 188 Å². The summed E-state index contributed by atoms with van der Waals surface area (Å²) in [5, 5.41) is 14.2. The first kappa shape index (κ1) is 92.3. The van der Waals surface area contributed by atoms with Crippen molar-refractivity contribution in [3.05, 3.63) is 470 Å². The van der Waals surface area contributed by atoms with Crippen LogP contribution < -0.4 is 0 Å². The van der Waals surface area contributed by atoms with Gasteiger partial charge in [-0.2, -0.15) is 52.7 Å². The van der Waals surface area contributed by atoms with Crippen LogP contribution in [0.15, 0.2) is 425 Å². The molecule has 0 aliphatic carbocycles. The molecule has 6 heterocycles. The lowest BCUT2D eigenvalue weighted by Crippen LogP contribution is -2.12. The lowest BCUT2D eigenvalue weighted by molar-refractivity contribution is -0.137. The second-order valence-corrected chi connectivity index (χ2v) is 44.4. The van der Waals surface area contributed by atoms with Crippen molar-refractivity contribution in [3.63, 3.8) is 0 Å². The zero-order chi connectivity index (χ0) is 95.0. The highest BCUT2D eigenvalue weighted by Gasteiger charge is 2.37. The van der Waals surface area contributed by atoms with Crippen molar-refractivity contribution in [2.75, 3.05) is 0 Å². The molecule has 0 spiro atoms. The summed E-state index contributed by atoms with van der Waals surface area (Å²) in [6.07, 6.45) is -19.5. The number of thiophene rings is 6. The standard InChI is InChI=1S/C21H16F3S.2C20H14F3S.C19H12F3S.C18H11F2S.C18H12FS/c1-14-10-11-16(12-15(14)13-21(22,23)24)25-19-8-4-2-6-17(19)18-7-3-5-9-20(18)25;2*21-20(22,23)13-14-6-5-7-15(12-14)24-18-10-3-1-8-16(18)17-9-2-4-11-19(17)24;20-19(21,22)13-6-5-7-14(12-13)23-17-10-3-1-8-15(17)16-9-2-4-11-18(16)23;19-12-9-13(20)11-14(10-12)21-17-7-3-1-5-15(17)16-6-2-4-8-18(16)21;19-13-6-5-7-14(12-13)20-17-10-3-1-8-15(17)16-9-2-4-11-18(16)20/h2-12H,13H2,1H3;2*1-12H,13H2;1-12H;1-11H;1-12H/q6*+1. The molecule has 0 fully saturated rings. The summed E-state index contributed by atoms with van der Waals surface area (Å²) in [5.41, 5.74) is 1.08. The molecule has 0 saturated carbocycles. The predicted molar refractivity (Wildman–Crippen MR) is 551 cm³/mol. The Labute approximate surface area is 793 Å². The van der Waals surface area contributed by atoms with Crippen LogP contribution in [0.1, 0.15) is 27.8 Å². The van der Waals surface area contributed by atoms with Crippen molar-refractivity contribution in [2.45, 2.75) is 50.9 Å². The molecule has 0 radical (unpaired) electrons. The third-order valence-corrected chi connectivity index (χ3v) is 37.4. The van der Waals surface area contributed by atoms with Crippen molar-refractivity contribution >= 4 is 184 Å². The number of benzene rings is 18. The molecule has 0 bridgehead atoms. The van der Waals surface area contributed by atoms with E-state index in [1.165, 1.54) is 111 Å². The van der Waals surface area contributed by atoms with Crippen LogP contribution in [0.3, 0.4) is 0 Å². The van der Waals surface area contributed by atoms with Crippen molar-refractivity contribution in [2.24, 2.45) is 0 Å². The van der Waals surface area contributed by atoms with Crippen LogP contribution >= 0.6 is 62.8 Å². The Morgan fingerprint density at radius 3 is 0.657 bits per heavy atom. The number of hydrogen-bond donors (Lipinski definition) is 0. The van der Waals surface area contributed by atoms with Gasteiger partial charge < -0.3 is 0 Å². The lowest BCUT2D eigenvalue weighted by Gasteiger charge is -2.09. The Kier molecular flexibility index (Phi) is 26.1. The number of fused-ring (bicyclic) bond motifs is 18. The van der Waals surface area contributed by atoms with E-state index in [-0.39, 0.29) is 47.7 Å². The second-order valence-electron chi connectivity index (χ2n) is 32.6. The quantitative estimate of drug-likeness (QED) is 0.0998. The second kappa shape index (κ2) is 38.8. The van der Waals surface area contributed by atoms with E-state index in [0.717, 1.165) is 72.1 Å². The summed E-state index contributed by atoms with van der Waals surface area (Å²) in [4.78, 5) is 5.26. The van der Waals surface area contributed by atoms with Gasteiger partial charge in [-0.05, 0) is 217 Å². The average molecular weight is 1950 g/mol. The van der Waals surface area contributed by atoms with Crippen LogP contribution in [0.4, 0.5) is 65.9 Å². The molecule has 0 N–H and O–H groups in total. The molecule has 0 aliphatic rings. The molecule has 6 aromatic heterocycles. The summed E-state index contributed by atoms with van der Waals surface area (Å²) < 4.78 is 209. The van der Waals surface area contributed by atoms with Crippen LogP contribution in [0.2, 0.25) is 0 Å². The third-order valence-electron chi connectivity index (χ3n) is 23.5. The van der Waals surface area contributed by atoms with E-state index in [0.29, 0.717) is 32.0 Å². The van der Waals surface area contributed by atoms with Gasteiger partial charge in [0.2, 0.25) is 0 Å². The maximum atomic E-state index is 13.6. The monoisotopic (exact) mass is 1950 g/mol. The summed E-state index contributed by atoms with van der Waals surface area (Å²) >= 11 is 0. The molecule has 678 valence electrons. The minimum Gasteiger partial charge on any atom is -0.207 e. The topological polar surface area (TPSA) is 0 Å². The van der Waals surface area contributed by atoms with Gasteiger partial charge in [0.25, 0.3) is 0 Å². The summed E-state index contributed by atoms with van der Waals surface area (Å²) in [6, 6.07) is 134. The first-order chi connectivity index (χ1) is 66.1. The van der Waals surface area contributed by atoms with E-state index in [2.05, 4.69) is 133 Å². The zero-order valence-electron chi connectivity index (χ0n) is 72.7. The van der Waals surface area contributed by atoms with E-state index in [9.17, 15) is 65.9 Å². The van der Waals surface area contributed by atoms with Crippen LogP contribution in [0.5, 0.6) is 0 Å². The van der Waals surface area contributed by atoms with Gasteiger partial charge in [-0.25, -0.2) is 13.2 Å². The Balaban J connectivity index is 0.000000105. The molecule has 18 aromatic carbocycles.